The van der Waals surface area contributed by atoms with Crippen molar-refractivity contribution in [2.24, 2.45) is 5.73 Å². The standard InChI is InChI=1S/C11H18N2O3S2/c1-11(2)8-13(4-5-16-11)18(14,15)10-3-6-17-9(10)7-12/h3,6H,4-5,7-8,12H2,1-2H3. The van der Waals surface area contributed by atoms with Gasteiger partial charge in [-0.05, 0) is 25.3 Å². The van der Waals surface area contributed by atoms with E-state index in [1.54, 1.807) is 11.4 Å². The average Bonchev–Trinajstić information content (AvgIpc) is 2.76. The molecule has 0 atom stereocenters. The molecule has 5 nitrogen and oxygen atoms in total. The first-order chi connectivity index (χ1) is 8.37. The minimum absolute atomic E-state index is 0.250. The Kier molecular flexibility index (Phi) is 3.80. The predicted octanol–water partition coefficient (Wildman–Crippen LogP) is 1.01. The number of hydrogen-bond acceptors (Lipinski definition) is 5. The van der Waals surface area contributed by atoms with E-state index in [1.165, 1.54) is 15.6 Å². The number of nitrogens with two attached hydrogens (primary N) is 1. The van der Waals surface area contributed by atoms with Gasteiger partial charge in [-0.25, -0.2) is 8.42 Å². The average molecular weight is 290 g/mol. The summed E-state index contributed by atoms with van der Waals surface area (Å²) >= 11 is 1.38. The molecule has 1 saturated heterocycles. The highest BCUT2D eigenvalue weighted by molar-refractivity contribution is 7.89. The third-order valence-corrected chi connectivity index (χ3v) is 5.90. The van der Waals surface area contributed by atoms with Gasteiger partial charge in [-0.2, -0.15) is 4.31 Å². The van der Waals surface area contributed by atoms with Crippen LogP contribution in [0.15, 0.2) is 16.3 Å². The van der Waals surface area contributed by atoms with Gasteiger partial charge in [-0.1, -0.05) is 0 Å². The highest BCUT2D eigenvalue weighted by atomic mass is 32.2. The number of sulfonamides is 1. The lowest BCUT2D eigenvalue weighted by Gasteiger charge is -2.37. The third-order valence-electron chi connectivity index (χ3n) is 2.90. The van der Waals surface area contributed by atoms with Gasteiger partial charge >= 0.3 is 0 Å². The zero-order valence-corrected chi connectivity index (χ0v) is 12.2. The van der Waals surface area contributed by atoms with Crippen molar-refractivity contribution in [2.75, 3.05) is 19.7 Å². The van der Waals surface area contributed by atoms with Crippen LogP contribution in [0.1, 0.15) is 18.7 Å². The van der Waals surface area contributed by atoms with E-state index in [0.717, 1.165) is 0 Å². The molecule has 0 saturated carbocycles. The molecule has 0 radical (unpaired) electrons. The Morgan fingerprint density at radius 3 is 2.89 bits per heavy atom. The van der Waals surface area contributed by atoms with E-state index in [-0.39, 0.29) is 6.54 Å². The van der Waals surface area contributed by atoms with Gasteiger partial charge in [0, 0.05) is 24.5 Å². The summed E-state index contributed by atoms with van der Waals surface area (Å²) in [5.41, 5.74) is 5.14. The first-order valence-corrected chi connectivity index (χ1v) is 8.09. The fraction of sp³-hybridized carbons (Fsp3) is 0.636. The van der Waals surface area contributed by atoms with Crippen LogP contribution < -0.4 is 5.73 Å². The zero-order chi connectivity index (χ0) is 13.4. The van der Waals surface area contributed by atoms with Gasteiger partial charge in [-0.15, -0.1) is 11.3 Å². The van der Waals surface area contributed by atoms with E-state index in [2.05, 4.69) is 0 Å². The Morgan fingerprint density at radius 1 is 1.56 bits per heavy atom. The predicted molar refractivity (Wildman–Crippen MR) is 71.0 cm³/mol. The summed E-state index contributed by atoms with van der Waals surface area (Å²) in [6.07, 6.45) is 0. The number of rotatable bonds is 3. The van der Waals surface area contributed by atoms with Crippen LogP contribution >= 0.6 is 11.3 Å². The van der Waals surface area contributed by atoms with Crippen LogP contribution in [0.4, 0.5) is 0 Å². The van der Waals surface area contributed by atoms with Gasteiger partial charge in [0.25, 0.3) is 0 Å². The topological polar surface area (TPSA) is 72.6 Å². The minimum Gasteiger partial charge on any atom is -0.373 e. The first-order valence-electron chi connectivity index (χ1n) is 5.77. The first kappa shape index (κ1) is 14.0. The van der Waals surface area contributed by atoms with Gasteiger partial charge in [0.15, 0.2) is 0 Å². The Labute approximate surface area is 112 Å². The third kappa shape index (κ3) is 2.60. The lowest BCUT2D eigenvalue weighted by molar-refractivity contribution is -0.0640. The van der Waals surface area contributed by atoms with Crippen LogP contribution in [-0.2, 0) is 21.3 Å². The second-order valence-corrected chi connectivity index (χ2v) is 7.77. The minimum atomic E-state index is -3.45. The highest BCUT2D eigenvalue weighted by Gasteiger charge is 2.35. The Bertz CT molecular complexity index is 522. The smallest absolute Gasteiger partial charge is 0.244 e. The van der Waals surface area contributed by atoms with Gasteiger partial charge in [0.1, 0.15) is 0 Å². The van der Waals surface area contributed by atoms with Crippen molar-refractivity contribution in [2.45, 2.75) is 30.9 Å². The number of morpholine rings is 1. The summed E-state index contributed by atoms with van der Waals surface area (Å²) in [6, 6.07) is 1.63. The second kappa shape index (κ2) is 4.90. The van der Waals surface area contributed by atoms with Gasteiger partial charge < -0.3 is 10.5 Å². The normalized spacial score (nSPS) is 21.1. The molecular weight excluding hydrogens is 272 g/mol. The van der Waals surface area contributed by atoms with E-state index in [4.69, 9.17) is 10.5 Å². The van der Waals surface area contributed by atoms with Crippen molar-refractivity contribution >= 4 is 21.4 Å². The van der Waals surface area contributed by atoms with E-state index in [1.807, 2.05) is 13.8 Å². The summed E-state index contributed by atoms with van der Waals surface area (Å²) in [6.45, 7) is 5.23. The number of thiophene rings is 1. The van der Waals surface area contributed by atoms with Crippen LogP contribution in [0.3, 0.4) is 0 Å². The Balaban J connectivity index is 2.32. The molecule has 0 amide bonds. The van der Waals surface area contributed by atoms with Crippen molar-refractivity contribution in [1.82, 2.24) is 4.31 Å². The van der Waals surface area contributed by atoms with Crippen LogP contribution in [0.25, 0.3) is 0 Å². The molecule has 1 aliphatic rings. The van der Waals surface area contributed by atoms with E-state index < -0.39 is 15.6 Å². The summed E-state index contributed by atoms with van der Waals surface area (Å²) < 4.78 is 32.1. The van der Waals surface area contributed by atoms with E-state index in [0.29, 0.717) is 29.5 Å². The number of hydrogen-bond donors (Lipinski definition) is 1. The molecular formula is C11H18N2O3S2. The maximum atomic E-state index is 12.5. The molecule has 1 fully saturated rings. The molecule has 0 aromatic carbocycles. The Morgan fingerprint density at radius 2 is 2.28 bits per heavy atom. The molecule has 2 heterocycles. The lowest BCUT2D eigenvalue weighted by atomic mass is 10.1. The fourth-order valence-corrected chi connectivity index (χ4v) is 4.91. The monoisotopic (exact) mass is 290 g/mol. The van der Waals surface area contributed by atoms with Crippen LogP contribution in [-0.4, -0.2) is 38.0 Å². The largest absolute Gasteiger partial charge is 0.373 e. The van der Waals surface area contributed by atoms with Crippen LogP contribution in [0.5, 0.6) is 0 Å². The molecule has 1 aromatic rings. The van der Waals surface area contributed by atoms with Gasteiger partial charge in [0.05, 0.1) is 17.1 Å². The molecule has 1 aliphatic heterocycles. The molecule has 0 unspecified atom stereocenters. The SMILES string of the molecule is CC1(C)CN(S(=O)(=O)c2ccsc2CN)CCO1. The zero-order valence-electron chi connectivity index (χ0n) is 10.5. The Hall–Kier alpha value is -0.470. The molecule has 0 spiro atoms. The van der Waals surface area contributed by atoms with Crippen molar-refractivity contribution in [3.63, 3.8) is 0 Å². The quantitative estimate of drug-likeness (QED) is 0.901. The number of nitrogens with zero attached hydrogens (tertiary/aromatic N) is 1. The molecule has 102 valence electrons. The molecule has 1 aromatic heterocycles. The summed E-state index contributed by atoms with van der Waals surface area (Å²) in [4.78, 5) is 1.05. The molecule has 0 bridgehead atoms. The van der Waals surface area contributed by atoms with Crippen LogP contribution in [0, 0.1) is 0 Å². The summed E-state index contributed by atoms with van der Waals surface area (Å²) in [5.74, 6) is 0. The maximum absolute atomic E-state index is 12.5. The summed E-state index contributed by atoms with van der Waals surface area (Å²) in [7, 11) is -3.45. The molecule has 2 N–H and O–H groups in total. The lowest BCUT2D eigenvalue weighted by Crippen LogP contribution is -2.50. The van der Waals surface area contributed by atoms with Crippen molar-refractivity contribution in [3.05, 3.63) is 16.3 Å². The molecule has 18 heavy (non-hydrogen) atoms. The van der Waals surface area contributed by atoms with Crippen molar-refractivity contribution in [1.29, 1.82) is 0 Å². The maximum Gasteiger partial charge on any atom is 0.244 e. The molecule has 7 heteroatoms. The van der Waals surface area contributed by atoms with Gasteiger partial charge in [0.2, 0.25) is 10.0 Å². The number of ether oxygens (including phenoxy) is 1. The highest BCUT2D eigenvalue weighted by Crippen LogP contribution is 2.28. The van der Waals surface area contributed by atoms with E-state index in [9.17, 15) is 8.42 Å². The summed E-state index contributed by atoms with van der Waals surface area (Å²) in [5, 5.41) is 1.76. The van der Waals surface area contributed by atoms with Crippen molar-refractivity contribution < 1.29 is 13.2 Å². The second-order valence-electron chi connectivity index (χ2n) is 4.86. The van der Waals surface area contributed by atoms with Gasteiger partial charge in [-0.3, -0.25) is 0 Å². The fourth-order valence-electron chi connectivity index (χ4n) is 2.02. The van der Waals surface area contributed by atoms with E-state index >= 15 is 0 Å². The van der Waals surface area contributed by atoms with Crippen molar-refractivity contribution in [3.8, 4) is 0 Å². The van der Waals surface area contributed by atoms with Crippen LogP contribution in [0.2, 0.25) is 0 Å². The molecule has 0 aliphatic carbocycles. The molecule has 2 rings (SSSR count).